The van der Waals surface area contributed by atoms with E-state index in [0.717, 1.165) is 38.8 Å². The van der Waals surface area contributed by atoms with Gasteiger partial charge in [-0.05, 0) is 91.6 Å². The highest BCUT2D eigenvalue weighted by Gasteiger charge is 2.61. The Morgan fingerprint density at radius 3 is 2.28 bits per heavy atom. The van der Waals surface area contributed by atoms with E-state index < -0.39 is 65.7 Å². The summed E-state index contributed by atoms with van der Waals surface area (Å²) in [4.78, 5) is 51.0. The van der Waals surface area contributed by atoms with Crippen LogP contribution in [0, 0.1) is 23.7 Å². The molecule has 4 aliphatic heterocycles. The van der Waals surface area contributed by atoms with Gasteiger partial charge in [0.1, 0.15) is 29.8 Å². The summed E-state index contributed by atoms with van der Waals surface area (Å²) < 4.78 is 41.0. The van der Waals surface area contributed by atoms with E-state index in [-0.39, 0.29) is 18.6 Å². The number of rotatable bonds is 6. The molecule has 5 aliphatic rings. The number of fused-ring (bicyclic) bond motifs is 4. The fraction of sp³-hybridized carbons (Fsp3) is 0.500. The van der Waals surface area contributed by atoms with Crippen molar-refractivity contribution in [3.63, 3.8) is 0 Å². The van der Waals surface area contributed by atoms with Crippen LogP contribution in [0.15, 0.2) is 94.5 Å². The molecule has 64 heavy (non-hydrogen) atoms. The molecular weight excluding hydrogens is 853 g/mol. The molecule has 0 saturated carbocycles. The van der Waals surface area contributed by atoms with E-state index >= 15 is 0 Å². The van der Waals surface area contributed by atoms with Gasteiger partial charge in [-0.2, -0.15) is 0 Å². The van der Waals surface area contributed by atoms with Gasteiger partial charge < -0.3 is 33.5 Å². The first-order valence-corrected chi connectivity index (χ1v) is 24.2. The number of nitrogens with zero attached hydrogens (tertiary/aromatic N) is 2. The fourth-order valence-electron chi connectivity index (χ4n) is 10.2. The van der Waals surface area contributed by atoms with Gasteiger partial charge in [-0.25, -0.2) is 19.6 Å². The zero-order chi connectivity index (χ0) is 44.9. The van der Waals surface area contributed by atoms with Crippen LogP contribution in [0.4, 0.5) is 0 Å². The topological polar surface area (TPSA) is 153 Å². The predicted octanol–water partition coefficient (Wildman–Crippen LogP) is 9.48. The van der Waals surface area contributed by atoms with E-state index in [1.807, 2.05) is 32.1 Å². The Labute approximate surface area is 381 Å². The Hall–Kier alpha value is -4.57. The van der Waals surface area contributed by atoms with Crippen LogP contribution in [0.1, 0.15) is 101 Å². The summed E-state index contributed by atoms with van der Waals surface area (Å²) in [6, 6.07) is 10.5. The maximum absolute atomic E-state index is 14.7. The maximum atomic E-state index is 14.7. The number of benzene rings is 2. The molecule has 2 aromatic heterocycles. The van der Waals surface area contributed by atoms with Gasteiger partial charge >= 0.3 is 17.9 Å². The zero-order valence-electron chi connectivity index (χ0n) is 37.1. The maximum Gasteiger partial charge on any atom is 0.338 e. The van der Waals surface area contributed by atoms with E-state index in [1.54, 1.807) is 60.4 Å². The number of thiazole rings is 2. The van der Waals surface area contributed by atoms with Crippen molar-refractivity contribution in [2.45, 2.75) is 128 Å². The summed E-state index contributed by atoms with van der Waals surface area (Å²) >= 11 is 2.88. The zero-order valence-corrected chi connectivity index (χ0v) is 38.7. The molecule has 338 valence electrons. The molecule has 2 aromatic carbocycles. The Morgan fingerprint density at radius 1 is 0.938 bits per heavy atom. The van der Waals surface area contributed by atoms with Crippen LogP contribution >= 0.6 is 22.7 Å². The lowest BCUT2D eigenvalue weighted by molar-refractivity contribution is -0.340. The fourth-order valence-corrected chi connectivity index (χ4v) is 11.6. The largest absolute Gasteiger partial charge is 0.462 e. The molecule has 12 atom stereocenters. The van der Waals surface area contributed by atoms with Gasteiger partial charge in [-0.15, -0.1) is 22.7 Å². The average molecular weight is 909 g/mol. The molecule has 3 saturated heterocycles. The Balaban J connectivity index is 1.08. The van der Waals surface area contributed by atoms with E-state index in [9.17, 15) is 19.5 Å². The molecule has 12 nitrogen and oxygen atoms in total. The molecule has 9 rings (SSSR count). The van der Waals surface area contributed by atoms with Gasteiger partial charge in [0, 0.05) is 25.2 Å². The first-order chi connectivity index (χ1) is 30.7. The van der Waals surface area contributed by atoms with E-state index in [4.69, 9.17) is 28.4 Å². The van der Waals surface area contributed by atoms with Crippen LogP contribution in [0.25, 0.3) is 20.4 Å². The number of carbonyl (C=O) groups is 3. The predicted molar refractivity (Wildman–Crippen MR) is 244 cm³/mol. The SMILES string of the molecule is CC[C@H](C)[C@H]1O[C@]2(CC[C@@H]1C)C[C@@H]1C[C@@H](C/C=C(\C)[C@@H](OC(=O)c3ccc4ncsc4c3)[C@@H](C)/C=C/C=C3\CO[C@@H]4[C@H](OC(=O)c5ccc6ncsc6c5)C(C)=C[C@@H](C(=O)O1)[C@]34O)O2. The van der Waals surface area contributed by atoms with Crippen molar-refractivity contribution in [3.05, 3.63) is 106 Å². The van der Waals surface area contributed by atoms with Crippen LogP contribution in [-0.4, -0.2) is 87.6 Å². The third kappa shape index (κ3) is 8.53. The number of allylic oxidation sites excluding steroid dienone is 2. The molecule has 1 N–H and O–H groups in total. The smallest absolute Gasteiger partial charge is 0.338 e. The third-order valence-electron chi connectivity index (χ3n) is 14.0. The summed E-state index contributed by atoms with van der Waals surface area (Å²) in [5, 5.41) is 13.0. The average Bonchev–Trinajstić information content (AvgIpc) is 4.04. The van der Waals surface area contributed by atoms with E-state index in [2.05, 4.69) is 36.8 Å². The second kappa shape index (κ2) is 18.0. The first-order valence-electron chi connectivity index (χ1n) is 22.5. The van der Waals surface area contributed by atoms with Crippen molar-refractivity contribution in [2.75, 3.05) is 6.61 Å². The Bertz CT molecular complexity index is 2560. The summed E-state index contributed by atoms with van der Waals surface area (Å²) in [5.41, 5.74) is 5.71. The number of esters is 3. The number of hydrogen-bond acceptors (Lipinski definition) is 14. The molecule has 0 unspecified atom stereocenters. The minimum absolute atomic E-state index is 0.0332. The van der Waals surface area contributed by atoms with Crippen molar-refractivity contribution in [2.24, 2.45) is 23.7 Å². The molecule has 1 aliphatic carbocycles. The lowest BCUT2D eigenvalue weighted by atomic mass is 9.70. The molecule has 6 heterocycles. The summed E-state index contributed by atoms with van der Waals surface area (Å²) in [5.74, 6) is -3.53. The minimum atomic E-state index is -1.94. The first kappa shape index (κ1) is 44.6. The van der Waals surface area contributed by atoms with Crippen molar-refractivity contribution in [3.8, 4) is 0 Å². The van der Waals surface area contributed by atoms with E-state index in [0.29, 0.717) is 59.8 Å². The molecule has 4 aromatic rings. The summed E-state index contributed by atoms with van der Waals surface area (Å²) in [6.07, 6.45) is 9.02. The summed E-state index contributed by atoms with van der Waals surface area (Å²) in [7, 11) is 0. The molecular formula is C50H56N2O10S2. The minimum Gasteiger partial charge on any atom is -0.462 e. The monoisotopic (exact) mass is 908 g/mol. The number of ether oxygens (including phenoxy) is 6. The van der Waals surface area contributed by atoms with Crippen LogP contribution in [-0.2, 0) is 33.2 Å². The second-order valence-corrected chi connectivity index (χ2v) is 20.2. The van der Waals surface area contributed by atoms with Crippen molar-refractivity contribution >= 4 is 61.0 Å². The van der Waals surface area contributed by atoms with Crippen molar-refractivity contribution in [1.82, 2.24) is 9.97 Å². The second-order valence-electron chi connectivity index (χ2n) is 18.4. The third-order valence-corrected chi connectivity index (χ3v) is 15.6. The number of aromatic nitrogens is 2. The van der Waals surface area contributed by atoms with Crippen LogP contribution in [0.2, 0.25) is 0 Å². The lowest BCUT2D eigenvalue weighted by Gasteiger charge is -2.51. The Morgan fingerprint density at radius 2 is 1.61 bits per heavy atom. The Kier molecular flexibility index (Phi) is 12.6. The highest BCUT2D eigenvalue weighted by Crippen LogP contribution is 2.49. The lowest BCUT2D eigenvalue weighted by Crippen LogP contribution is -2.59. The molecule has 14 heteroatoms. The molecule has 1 spiro atoms. The van der Waals surface area contributed by atoms with Gasteiger partial charge in [0.15, 0.2) is 11.9 Å². The van der Waals surface area contributed by atoms with E-state index in [1.165, 1.54) is 22.7 Å². The van der Waals surface area contributed by atoms with Gasteiger partial charge in [-0.3, -0.25) is 4.79 Å². The standard InChI is InChI=1S/C50H56N2O10S2/c1-7-27(2)43-30(5)17-18-49(62-43)23-36-22-35(61-49)14-11-29(4)42(59-46(53)32-12-15-38-40(20-32)63-25-51-38)28(3)9-8-10-34-24-57-45-44(31(6)19-37(48(55)58-36)50(34,45)56)60-47(54)33-13-16-39-41(21-33)64-26-52-39/h8-13,15-16,19-21,25-28,30,35-37,42-45,56H,7,14,17-18,22-24H2,1-6H3/b9-8+,29-11+,34-10+/t27-,28-,30-,35+,36-,37-,42-,43+,44+,45+,49+,50+/m0/s1. The van der Waals surface area contributed by atoms with Crippen molar-refractivity contribution in [1.29, 1.82) is 0 Å². The molecule has 0 radical (unpaired) electrons. The van der Waals surface area contributed by atoms with Gasteiger partial charge in [0.05, 0.1) is 61.4 Å². The van der Waals surface area contributed by atoms with Gasteiger partial charge in [0.2, 0.25) is 0 Å². The van der Waals surface area contributed by atoms with Crippen LogP contribution < -0.4 is 0 Å². The van der Waals surface area contributed by atoms with Crippen LogP contribution in [0.3, 0.4) is 0 Å². The van der Waals surface area contributed by atoms with Gasteiger partial charge in [-0.1, -0.05) is 64.5 Å². The molecule has 2 bridgehead atoms. The van der Waals surface area contributed by atoms with Crippen LogP contribution in [0.5, 0.6) is 0 Å². The highest BCUT2D eigenvalue weighted by atomic mass is 32.1. The normalized spacial score (nSPS) is 35.9. The van der Waals surface area contributed by atoms with Gasteiger partial charge in [0.25, 0.3) is 0 Å². The molecule has 0 amide bonds. The highest BCUT2D eigenvalue weighted by molar-refractivity contribution is 7.17. The van der Waals surface area contributed by atoms with Crippen molar-refractivity contribution < 1.29 is 47.9 Å². The number of aliphatic hydroxyl groups is 1. The number of hydrogen-bond donors (Lipinski definition) is 1. The quantitative estimate of drug-likeness (QED) is 0.111. The number of carbonyl (C=O) groups excluding carboxylic acids is 3. The summed E-state index contributed by atoms with van der Waals surface area (Å²) in [6.45, 7) is 12.3. The molecule has 3 fully saturated rings.